The van der Waals surface area contributed by atoms with E-state index in [0.717, 1.165) is 5.56 Å². The van der Waals surface area contributed by atoms with E-state index in [1.165, 1.54) is 0 Å². The molecule has 0 spiro atoms. The van der Waals surface area contributed by atoms with Gasteiger partial charge in [-0.15, -0.1) is 0 Å². The Hall–Kier alpha value is -2.56. The van der Waals surface area contributed by atoms with Crippen molar-refractivity contribution in [3.8, 4) is 0 Å². The molecule has 0 aliphatic rings. The molecule has 0 unspecified atom stereocenters. The Kier molecular flexibility index (Phi) is 6.03. The monoisotopic (exact) mass is 463 g/mol. The number of carbonyl (C=O) groups excluding carboxylic acids is 1. The summed E-state index contributed by atoms with van der Waals surface area (Å²) >= 11 is 0. The normalized spacial score (nSPS) is 12.4. The first-order chi connectivity index (χ1) is 13.1. The highest BCUT2D eigenvalue weighted by Crippen LogP contribution is 2.30. The number of rotatable bonds is 5. The van der Waals surface area contributed by atoms with Crippen LogP contribution in [0, 0.1) is 6.92 Å². The summed E-state index contributed by atoms with van der Waals surface area (Å²) < 4.78 is 70.7. The van der Waals surface area contributed by atoms with Gasteiger partial charge in [-0.25, -0.2) is 45.5 Å². The molecule has 0 saturated carbocycles. The summed E-state index contributed by atoms with van der Waals surface area (Å²) in [6, 6.07) is 6.58. The topological polar surface area (TPSA) is 222 Å². The molecule has 12 nitrogen and oxygen atoms in total. The summed E-state index contributed by atoms with van der Waals surface area (Å²) in [7, 11) is -14.0. The maximum Gasteiger partial charge on any atom is 0.323 e. The van der Waals surface area contributed by atoms with Crippen LogP contribution in [0.5, 0.6) is 0 Å². The molecule has 0 heterocycles. The minimum atomic E-state index is -4.71. The molecule has 2 rings (SSSR count). The number of hydrogen-bond donors (Lipinski definition) is 5. The third-order valence-corrected chi connectivity index (χ3v) is 6.47. The van der Waals surface area contributed by atoms with Crippen molar-refractivity contribution < 1.29 is 30.0 Å². The highest BCUT2D eigenvalue weighted by molar-refractivity contribution is 7.92. The molecule has 0 bridgehead atoms. The fourth-order valence-corrected chi connectivity index (χ4v) is 5.04. The second-order valence-electron chi connectivity index (χ2n) is 5.88. The summed E-state index contributed by atoms with van der Waals surface area (Å²) in [5.74, 6) is 0. The Morgan fingerprint density at radius 3 is 1.76 bits per heavy atom. The molecule has 8 N–H and O–H groups in total. The number of primary sulfonamides is 3. The number of sulfonamides is 3. The van der Waals surface area contributed by atoms with Gasteiger partial charge in [0.25, 0.3) is 0 Å². The largest absolute Gasteiger partial charge is 0.323 e. The number of nitrogens with two attached hydrogens (primary N) is 3. The van der Waals surface area contributed by atoms with Crippen LogP contribution in [0.4, 0.5) is 16.2 Å². The summed E-state index contributed by atoms with van der Waals surface area (Å²) in [5.41, 5.74) is 0.559. The second-order valence-corrected chi connectivity index (χ2v) is 10.5. The Bertz CT molecular complexity index is 1300. The van der Waals surface area contributed by atoms with Crippen molar-refractivity contribution >= 4 is 47.5 Å². The maximum absolute atomic E-state index is 12.2. The quantitative estimate of drug-likeness (QED) is 0.393. The van der Waals surface area contributed by atoms with E-state index >= 15 is 0 Å². The van der Waals surface area contributed by atoms with E-state index in [9.17, 15) is 30.0 Å². The van der Waals surface area contributed by atoms with Crippen LogP contribution in [-0.2, 0) is 30.1 Å². The molecule has 158 valence electrons. The average molecular weight is 464 g/mol. The van der Waals surface area contributed by atoms with Gasteiger partial charge < -0.3 is 10.6 Å². The fourth-order valence-electron chi connectivity index (χ4n) is 2.33. The molecule has 29 heavy (non-hydrogen) atoms. The first-order valence-corrected chi connectivity index (χ1v) is 12.1. The van der Waals surface area contributed by atoms with Crippen molar-refractivity contribution in [2.45, 2.75) is 21.6 Å². The zero-order chi connectivity index (χ0) is 22.2. The van der Waals surface area contributed by atoms with Crippen LogP contribution in [-0.4, -0.2) is 31.3 Å². The van der Waals surface area contributed by atoms with Gasteiger partial charge in [0.1, 0.15) is 14.7 Å². The lowest BCUT2D eigenvalue weighted by Crippen LogP contribution is -2.26. The number of urea groups is 1. The van der Waals surface area contributed by atoms with Gasteiger partial charge in [0.2, 0.25) is 30.1 Å². The molecule has 0 radical (unpaired) electrons. The third kappa shape index (κ3) is 5.72. The first-order valence-electron chi connectivity index (χ1n) is 7.50. The van der Waals surface area contributed by atoms with Crippen molar-refractivity contribution in [3.05, 3.63) is 42.0 Å². The Morgan fingerprint density at radius 2 is 1.28 bits per heavy atom. The molecule has 15 heteroatoms. The zero-order valence-corrected chi connectivity index (χ0v) is 17.2. The number of aryl methyl sites for hydroxylation is 1. The molecule has 0 aliphatic carbocycles. The molecule has 2 amide bonds. The van der Waals surface area contributed by atoms with Gasteiger partial charge in [-0.05, 0) is 36.8 Å². The molecule has 0 aromatic heterocycles. The summed E-state index contributed by atoms with van der Waals surface area (Å²) in [6.45, 7) is 1.77. The van der Waals surface area contributed by atoms with Crippen LogP contribution in [0.2, 0.25) is 0 Å². The standard InChI is InChI=1S/C14H17N5O7S3/c1-8-3-2-4-9(5-8)18-14(20)19-10-6-12(28(16,23)24)13(29(17,25)26)7-11(10)27(15,21)22/h2-7H,1H3,(H2,15,21,22)(H2,16,23,24)(H2,17,25,26)(H2,18,19,20). The van der Waals surface area contributed by atoms with E-state index in [1.807, 2.05) is 0 Å². The number of hydrogen-bond acceptors (Lipinski definition) is 7. The van der Waals surface area contributed by atoms with Crippen molar-refractivity contribution in [1.29, 1.82) is 0 Å². The lowest BCUT2D eigenvalue weighted by Gasteiger charge is -2.15. The number of amides is 2. The smallest absolute Gasteiger partial charge is 0.308 e. The minimum absolute atomic E-state index is 0.354. The molecular formula is C14H17N5O7S3. The Balaban J connectivity index is 2.62. The summed E-state index contributed by atoms with van der Waals surface area (Å²) in [5, 5.41) is 19.5. The van der Waals surface area contributed by atoms with Crippen molar-refractivity contribution in [1.82, 2.24) is 0 Å². The van der Waals surface area contributed by atoms with Gasteiger partial charge in [-0.3, -0.25) is 0 Å². The summed E-state index contributed by atoms with van der Waals surface area (Å²) in [4.78, 5) is 9.25. The van der Waals surface area contributed by atoms with Crippen molar-refractivity contribution in [3.63, 3.8) is 0 Å². The van der Waals surface area contributed by atoms with E-state index in [2.05, 4.69) is 10.6 Å². The van der Waals surface area contributed by atoms with Crippen LogP contribution < -0.4 is 26.1 Å². The number of carbonyl (C=O) groups is 1. The lowest BCUT2D eigenvalue weighted by atomic mass is 10.2. The van der Waals surface area contributed by atoms with Crippen molar-refractivity contribution in [2.75, 3.05) is 10.6 Å². The minimum Gasteiger partial charge on any atom is -0.308 e. The molecule has 2 aromatic rings. The number of nitrogens with one attached hydrogen (secondary N) is 2. The highest BCUT2D eigenvalue weighted by atomic mass is 32.2. The number of anilines is 2. The van der Waals surface area contributed by atoms with Crippen LogP contribution >= 0.6 is 0 Å². The van der Waals surface area contributed by atoms with Crippen LogP contribution in [0.25, 0.3) is 0 Å². The van der Waals surface area contributed by atoms with E-state index in [1.54, 1.807) is 31.2 Å². The Morgan fingerprint density at radius 1 is 0.759 bits per heavy atom. The molecule has 0 saturated heterocycles. The predicted molar refractivity (Wildman–Crippen MR) is 104 cm³/mol. The molecule has 0 atom stereocenters. The van der Waals surface area contributed by atoms with Crippen molar-refractivity contribution in [2.24, 2.45) is 15.4 Å². The zero-order valence-electron chi connectivity index (χ0n) is 14.8. The average Bonchev–Trinajstić information content (AvgIpc) is 2.51. The van der Waals surface area contributed by atoms with Gasteiger partial charge in [0.05, 0.1) is 5.69 Å². The van der Waals surface area contributed by atoms with E-state index in [0.29, 0.717) is 17.8 Å². The predicted octanol–water partition coefficient (Wildman–Crippen LogP) is -0.419. The summed E-state index contributed by atoms with van der Waals surface area (Å²) in [6.07, 6.45) is 0. The van der Waals surface area contributed by atoms with Gasteiger partial charge >= 0.3 is 6.03 Å². The maximum atomic E-state index is 12.2. The van der Waals surface area contributed by atoms with Crippen LogP contribution in [0.3, 0.4) is 0 Å². The van der Waals surface area contributed by atoms with E-state index in [4.69, 9.17) is 15.4 Å². The first kappa shape index (κ1) is 22.7. The molecule has 0 aliphatic heterocycles. The molecular weight excluding hydrogens is 446 g/mol. The lowest BCUT2D eigenvalue weighted by molar-refractivity contribution is 0.262. The molecule has 2 aromatic carbocycles. The fraction of sp³-hybridized carbons (Fsp3) is 0.0714. The highest BCUT2D eigenvalue weighted by Gasteiger charge is 2.28. The number of benzene rings is 2. The molecule has 0 fully saturated rings. The second kappa shape index (κ2) is 7.69. The van der Waals surface area contributed by atoms with Gasteiger partial charge in [0.15, 0.2) is 0 Å². The van der Waals surface area contributed by atoms with Gasteiger partial charge in [-0.1, -0.05) is 12.1 Å². The van der Waals surface area contributed by atoms with E-state index < -0.39 is 56.5 Å². The van der Waals surface area contributed by atoms with Crippen LogP contribution in [0.15, 0.2) is 51.1 Å². The van der Waals surface area contributed by atoms with Crippen LogP contribution in [0.1, 0.15) is 5.56 Å². The van der Waals surface area contributed by atoms with Gasteiger partial charge in [0, 0.05) is 5.69 Å². The third-order valence-electron chi connectivity index (χ3n) is 3.49. The SMILES string of the molecule is Cc1cccc(NC(=O)Nc2cc(S(N)(=O)=O)c(S(N)(=O)=O)cc2S(N)(=O)=O)c1. The Labute approximate surface area is 167 Å². The van der Waals surface area contributed by atoms with E-state index in [-0.39, 0.29) is 0 Å². The van der Waals surface area contributed by atoms with Gasteiger partial charge in [-0.2, -0.15) is 0 Å².